The first kappa shape index (κ1) is 23.3. The molecule has 3 atom stereocenters. The van der Waals surface area contributed by atoms with Gasteiger partial charge in [-0.05, 0) is 31.7 Å². The maximum absolute atomic E-state index is 12.7. The number of imidazole rings is 1. The number of H-pyrrole nitrogens is 1. The highest BCUT2D eigenvalue weighted by Gasteiger charge is 2.28. The summed E-state index contributed by atoms with van der Waals surface area (Å²) in [6, 6.07) is -2.39. The molecule has 1 aliphatic rings. The molecule has 6 N–H and O–H groups in total. The van der Waals surface area contributed by atoms with Crippen molar-refractivity contribution in [3.05, 3.63) is 18.2 Å². The number of aromatic amines is 1. The third-order valence-corrected chi connectivity index (χ3v) is 4.75. The normalized spacial score (nSPS) is 17.9. The predicted molar refractivity (Wildman–Crippen MR) is 107 cm³/mol. The van der Waals surface area contributed by atoms with Gasteiger partial charge in [-0.2, -0.15) is 0 Å². The van der Waals surface area contributed by atoms with Crippen molar-refractivity contribution in [3.8, 4) is 0 Å². The van der Waals surface area contributed by atoms with Gasteiger partial charge in [0.15, 0.2) is 0 Å². The highest BCUT2D eigenvalue weighted by Crippen LogP contribution is 2.07. The topological polar surface area (TPSA) is 165 Å². The molecule has 0 bridgehead atoms. The van der Waals surface area contributed by atoms with Crippen LogP contribution in [0.2, 0.25) is 0 Å². The zero-order chi connectivity index (χ0) is 22.1. The van der Waals surface area contributed by atoms with Gasteiger partial charge in [0.25, 0.3) is 0 Å². The minimum absolute atomic E-state index is 0.0615. The van der Waals surface area contributed by atoms with Crippen molar-refractivity contribution in [1.29, 1.82) is 0 Å². The van der Waals surface area contributed by atoms with Gasteiger partial charge < -0.3 is 31.4 Å². The quantitative estimate of drug-likeness (QED) is 0.264. The van der Waals surface area contributed by atoms with Crippen molar-refractivity contribution in [1.82, 2.24) is 31.2 Å². The average Bonchev–Trinajstić information content (AvgIpc) is 3.38. The Kier molecular flexibility index (Phi) is 8.78. The molecular formula is C19H30N6O5. The summed E-state index contributed by atoms with van der Waals surface area (Å²) in [6.45, 7) is 4.19. The maximum atomic E-state index is 12.7. The van der Waals surface area contributed by atoms with E-state index in [1.807, 2.05) is 13.8 Å². The molecule has 1 fully saturated rings. The Morgan fingerprint density at radius 2 is 2.00 bits per heavy atom. The van der Waals surface area contributed by atoms with E-state index >= 15 is 0 Å². The molecule has 1 aromatic rings. The van der Waals surface area contributed by atoms with Crippen molar-refractivity contribution in [2.75, 3.05) is 13.1 Å². The summed E-state index contributed by atoms with van der Waals surface area (Å²) in [4.78, 5) is 55.3. The molecule has 0 aliphatic carbocycles. The van der Waals surface area contributed by atoms with Gasteiger partial charge >= 0.3 is 5.97 Å². The van der Waals surface area contributed by atoms with Crippen LogP contribution < -0.4 is 21.3 Å². The van der Waals surface area contributed by atoms with Crippen molar-refractivity contribution in [2.24, 2.45) is 5.92 Å². The van der Waals surface area contributed by atoms with E-state index in [9.17, 15) is 24.3 Å². The number of carbonyl (C=O) groups excluding carboxylic acids is 3. The smallest absolute Gasteiger partial charge is 0.326 e. The van der Waals surface area contributed by atoms with E-state index in [1.165, 1.54) is 12.5 Å². The number of nitrogens with one attached hydrogen (secondary N) is 5. The summed E-state index contributed by atoms with van der Waals surface area (Å²) >= 11 is 0. The minimum Gasteiger partial charge on any atom is -0.480 e. The van der Waals surface area contributed by atoms with Gasteiger partial charge in [0.2, 0.25) is 17.7 Å². The van der Waals surface area contributed by atoms with Crippen LogP contribution in [0.25, 0.3) is 0 Å². The molecule has 0 radical (unpaired) electrons. The number of nitrogens with zero attached hydrogens (tertiary/aromatic N) is 1. The largest absolute Gasteiger partial charge is 0.480 e. The molecule has 0 spiro atoms. The molecule has 0 aromatic carbocycles. The second-order valence-corrected chi connectivity index (χ2v) is 7.80. The number of rotatable bonds is 11. The fourth-order valence-electron chi connectivity index (χ4n) is 3.23. The fourth-order valence-corrected chi connectivity index (χ4v) is 3.23. The van der Waals surface area contributed by atoms with Crippen molar-refractivity contribution < 1.29 is 24.3 Å². The number of amides is 3. The second kappa shape index (κ2) is 11.3. The van der Waals surface area contributed by atoms with E-state index in [1.54, 1.807) is 0 Å². The molecule has 1 aliphatic heterocycles. The Morgan fingerprint density at radius 1 is 1.23 bits per heavy atom. The van der Waals surface area contributed by atoms with Crippen LogP contribution in [0, 0.1) is 5.92 Å². The second-order valence-electron chi connectivity index (χ2n) is 7.80. The van der Waals surface area contributed by atoms with Gasteiger partial charge in [-0.1, -0.05) is 13.8 Å². The summed E-state index contributed by atoms with van der Waals surface area (Å²) in [6.07, 6.45) is 4.94. The number of hydrogen-bond donors (Lipinski definition) is 6. The first-order valence-corrected chi connectivity index (χ1v) is 10.1. The van der Waals surface area contributed by atoms with E-state index in [0.717, 1.165) is 13.0 Å². The lowest BCUT2D eigenvalue weighted by atomic mass is 10.0. The van der Waals surface area contributed by atoms with E-state index < -0.39 is 29.9 Å². The van der Waals surface area contributed by atoms with Crippen molar-refractivity contribution in [2.45, 2.75) is 57.7 Å². The van der Waals surface area contributed by atoms with Crippen LogP contribution in [0.1, 0.15) is 38.8 Å². The van der Waals surface area contributed by atoms with E-state index in [2.05, 4.69) is 31.2 Å². The van der Waals surface area contributed by atoms with Crippen LogP contribution in [0.5, 0.6) is 0 Å². The van der Waals surface area contributed by atoms with Crippen molar-refractivity contribution in [3.63, 3.8) is 0 Å². The first-order chi connectivity index (χ1) is 14.3. The number of aromatic nitrogens is 2. The van der Waals surface area contributed by atoms with Crippen LogP contribution in [0.3, 0.4) is 0 Å². The van der Waals surface area contributed by atoms with Crippen LogP contribution in [-0.2, 0) is 25.6 Å². The molecule has 0 saturated carbocycles. The molecule has 3 unspecified atom stereocenters. The van der Waals surface area contributed by atoms with Gasteiger partial charge in [0.1, 0.15) is 12.1 Å². The summed E-state index contributed by atoms with van der Waals surface area (Å²) in [5, 5.41) is 20.0. The van der Waals surface area contributed by atoms with Crippen LogP contribution in [0.4, 0.5) is 0 Å². The predicted octanol–water partition coefficient (Wildman–Crippen LogP) is -1.08. The summed E-state index contributed by atoms with van der Waals surface area (Å²) < 4.78 is 0. The highest BCUT2D eigenvalue weighted by atomic mass is 16.4. The Balaban J connectivity index is 1.97. The van der Waals surface area contributed by atoms with E-state index in [-0.39, 0.29) is 37.3 Å². The lowest BCUT2D eigenvalue weighted by Crippen LogP contribution is -2.54. The van der Waals surface area contributed by atoms with E-state index in [4.69, 9.17) is 0 Å². The molecular weight excluding hydrogens is 392 g/mol. The number of carboxylic acids is 1. The van der Waals surface area contributed by atoms with E-state index in [0.29, 0.717) is 12.1 Å². The van der Waals surface area contributed by atoms with Gasteiger partial charge in [-0.3, -0.25) is 14.4 Å². The molecule has 11 heteroatoms. The summed E-state index contributed by atoms with van der Waals surface area (Å²) in [5.74, 6) is -2.50. The monoisotopic (exact) mass is 422 g/mol. The summed E-state index contributed by atoms with van der Waals surface area (Å²) in [5.41, 5.74) is 0.602. The Labute approximate surface area is 174 Å². The van der Waals surface area contributed by atoms with Gasteiger partial charge in [-0.25, -0.2) is 9.78 Å². The number of carbonyl (C=O) groups is 4. The third kappa shape index (κ3) is 7.47. The lowest BCUT2D eigenvalue weighted by Gasteiger charge is -2.22. The first-order valence-electron chi connectivity index (χ1n) is 10.1. The van der Waals surface area contributed by atoms with Gasteiger partial charge in [-0.15, -0.1) is 0 Å². The van der Waals surface area contributed by atoms with Gasteiger partial charge in [0, 0.05) is 18.3 Å². The molecule has 2 rings (SSSR count). The lowest BCUT2D eigenvalue weighted by molar-refractivity contribution is -0.142. The van der Waals surface area contributed by atoms with Crippen molar-refractivity contribution >= 4 is 23.7 Å². The Morgan fingerprint density at radius 3 is 2.57 bits per heavy atom. The highest BCUT2D eigenvalue weighted by molar-refractivity contribution is 5.92. The zero-order valence-corrected chi connectivity index (χ0v) is 17.2. The van der Waals surface area contributed by atoms with Gasteiger partial charge in [0.05, 0.1) is 18.9 Å². The number of carboxylic acid groups (broad SMARTS) is 1. The average molecular weight is 422 g/mol. The standard InChI is InChI=1S/C19H30N6O5/c1-11(2)6-15(19(29)30)25-18(28)14(7-12-8-20-10-23-12)24-16(26)9-22-17(27)13-4-3-5-21-13/h8,10-11,13-15,21H,3-7,9H2,1-2H3,(H,20,23)(H,22,27)(H,24,26)(H,25,28)(H,29,30). The fraction of sp³-hybridized carbons (Fsp3) is 0.632. The Bertz CT molecular complexity index is 730. The molecule has 11 nitrogen and oxygen atoms in total. The SMILES string of the molecule is CC(C)CC(NC(=O)C(Cc1cnc[nH]1)NC(=O)CNC(=O)C1CCCN1)C(=O)O. The molecule has 1 aromatic heterocycles. The molecule has 166 valence electrons. The zero-order valence-electron chi connectivity index (χ0n) is 17.2. The van der Waals surface area contributed by atoms with Crippen LogP contribution in [-0.4, -0.2) is 70.0 Å². The number of hydrogen-bond acceptors (Lipinski definition) is 6. The van der Waals surface area contributed by atoms with Crippen LogP contribution in [0.15, 0.2) is 12.5 Å². The number of aliphatic carboxylic acids is 1. The molecule has 3 amide bonds. The maximum Gasteiger partial charge on any atom is 0.326 e. The van der Waals surface area contributed by atoms with Crippen LogP contribution >= 0.6 is 0 Å². The summed E-state index contributed by atoms with van der Waals surface area (Å²) in [7, 11) is 0. The molecule has 30 heavy (non-hydrogen) atoms. The third-order valence-electron chi connectivity index (χ3n) is 4.75. The Hall–Kier alpha value is -2.95. The molecule has 1 saturated heterocycles. The minimum atomic E-state index is -1.14. The molecule has 2 heterocycles.